The molecule has 0 fully saturated rings. The second-order valence-corrected chi connectivity index (χ2v) is 7.28. The minimum absolute atomic E-state index is 0.133. The normalized spacial score (nSPS) is 12.8. The van der Waals surface area contributed by atoms with Gasteiger partial charge in [-0.2, -0.15) is 18.3 Å². The number of alkyl halides is 3. The smallest absolute Gasteiger partial charge is 0.401 e. The third-order valence-corrected chi connectivity index (χ3v) is 3.92. The highest BCUT2D eigenvalue weighted by Crippen LogP contribution is 2.35. The van der Waals surface area contributed by atoms with E-state index >= 15 is 0 Å². The van der Waals surface area contributed by atoms with Gasteiger partial charge in [-0.15, -0.1) is 0 Å². The summed E-state index contributed by atoms with van der Waals surface area (Å²) >= 11 is 0. The van der Waals surface area contributed by atoms with Crippen molar-refractivity contribution in [2.45, 2.75) is 46.3 Å². The molecule has 3 aromatic rings. The Labute approximate surface area is 147 Å². The summed E-state index contributed by atoms with van der Waals surface area (Å²) in [5.74, 6) is -0.233. The van der Waals surface area contributed by atoms with Crippen LogP contribution in [0.15, 0.2) is 27.4 Å². The summed E-state index contributed by atoms with van der Waals surface area (Å²) in [6.07, 6.45) is -4.59. The number of hydrogen-bond acceptors (Lipinski definition) is 4. The third-order valence-electron chi connectivity index (χ3n) is 3.92. The van der Waals surface area contributed by atoms with Crippen LogP contribution in [0.2, 0.25) is 0 Å². The molecule has 0 radical (unpaired) electrons. The Morgan fingerprint density at radius 2 is 1.73 bits per heavy atom. The zero-order valence-electron chi connectivity index (χ0n) is 15.0. The van der Waals surface area contributed by atoms with Gasteiger partial charge in [-0.3, -0.25) is 4.68 Å². The first kappa shape index (κ1) is 18.2. The van der Waals surface area contributed by atoms with Crippen molar-refractivity contribution in [3.8, 4) is 11.6 Å². The maximum Gasteiger partial charge on any atom is 0.433 e. The Morgan fingerprint density at radius 3 is 2.27 bits per heavy atom. The minimum Gasteiger partial charge on any atom is -0.401 e. The molecule has 3 rings (SSSR count). The fourth-order valence-corrected chi connectivity index (χ4v) is 2.84. The standard InChI is InChI=1S/C18H18F3N3O2/c1-9-6-10(2)14-11(7-9)16(25)26-15(22-14)12-8-13(18(19,20)21)24(23-12)17(3,4)5/h6-8H,1-5H3. The van der Waals surface area contributed by atoms with Gasteiger partial charge in [0.05, 0.1) is 16.4 Å². The van der Waals surface area contributed by atoms with Gasteiger partial charge in [-0.05, 0) is 51.8 Å². The van der Waals surface area contributed by atoms with Crippen LogP contribution >= 0.6 is 0 Å². The van der Waals surface area contributed by atoms with Gasteiger partial charge in [0.2, 0.25) is 0 Å². The summed E-state index contributed by atoms with van der Waals surface area (Å²) in [6, 6.07) is 4.33. The van der Waals surface area contributed by atoms with Crippen molar-refractivity contribution < 1.29 is 17.6 Å². The van der Waals surface area contributed by atoms with Gasteiger partial charge in [-0.1, -0.05) is 6.07 Å². The van der Waals surface area contributed by atoms with Crippen molar-refractivity contribution >= 4 is 10.9 Å². The molecule has 0 N–H and O–H groups in total. The first-order valence-corrected chi connectivity index (χ1v) is 7.98. The number of benzene rings is 1. The Hall–Kier alpha value is -2.64. The van der Waals surface area contributed by atoms with Gasteiger partial charge >= 0.3 is 11.8 Å². The van der Waals surface area contributed by atoms with Crippen LogP contribution in [-0.4, -0.2) is 14.8 Å². The lowest BCUT2D eigenvalue weighted by Gasteiger charge is -2.23. The molecule has 2 heterocycles. The molecule has 0 aliphatic rings. The summed E-state index contributed by atoms with van der Waals surface area (Å²) in [6.45, 7) is 8.43. The molecule has 0 aliphatic carbocycles. The van der Waals surface area contributed by atoms with Crippen LogP contribution in [0, 0.1) is 13.8 Å². The molecular formula is C18H18F3N3O2. The molecule has 26 heavy (non-hydrogen) atoms. The predicted octanol–water partition coefficient (Wildman–Crippen LogP) is 4.44. The highest BCUT2D eigenvalue weighted by atomic mass is 19.4. The maximum absolute atomic E-state index is 13.4. The lowest BCUT2D eigenvalue weighted by Crippen LogP contribution is -2.28. The fraction of sp³-hybridized carbons (Fsp3) is 0.389. The zero-order valence-corrected chi connectivity index (χ0v) is 15.0. The van der Waals surface area contributed by atoms with E-state index in [9.17, 15) is 18.0 Å². The monoisotopic (exact) mass is 365 g/mol. The minimum atomic E-state index is -4.59. The second kappa shape index (κ2) is 5.69. The van der Waals surface area contributed by atoms with Crippen LogP contribution in [-0.2, 0) is 11.7 Å². The van der Waals surface area contributed by atoms with Crippen LogP contribution < -0.4 is 5.63 Å². The third kappa shape index (κ3) is 3.11. The topological polar surface area (TPSA) is 60.9 Å². The van der Waals surface area contributed by atoms with E-state index in [1.165, 1.54) is 0 Å². The highest BCUT2D eigenvalue weighted by molar-refractivity contribution is 5.82. The molecule has 0 saturated heterocycles. The number of nitrogens with zero attached hydrogens (tertiary/aromatic N) is 3. The van der Waals surface area contributed by atoms with Crippen LogP contribution in [0.3, 0.4) is 0 Å². The van der Waals surface area contributed by atoms with Gasteiger partial charge in [0.25, 0.3) is 5.89 Å². The van der Waals surface area contributed by atoms with Gasteiger partial charge in [0, 0.05) is 6.07 Å². The van der Waals surface area contributed by atoms with Crippen LogP contribution in [0.1, 0.15) is 37.6 Å². The number of halogens is 3. The zero-order chi connectivity index (χ0) is 19.4. The molecule has 0 aliphatic heterocycles. The first-order valence-electron chi connectivity index (χ1n) is 7.98. The summed E-state index contributed by atoms with van der Waals surface area (Å²) in [4.78, 5) is 16.6. The fourth-order valence-electron chi connectivity index (χ4n) is 2.84. The summed E-state index contributed by atoms with van der Waals surface area (Å²) in [5.41, 5.74) is -0.630. The van der Waals surface area contributed by atoms with E-state index in [4.69, 9.17) is 4.42 Å². The molecule has 138 valence electrons. The van der Waals surface area contributed by atoms with Crippen LogP contribution in [0.5, 0.6) is 0 Å². The van der Waals surface area contributed by atoms with E-state index < -0.39 is 23.0 Å². The van der Waals surface area contributed by atoms with E-state index in [1.54, 1.807) is 33.8 Å². The average molecular weight is 365 g/mol. The van der Waals surface area contributed by atoms with E-state index in [0.29, 0.717) is 5.52 Å². The predicted molar refractivity (Wildman–Crippen MR) is 91.0 cm³/mol. The number of aromatic nitrogens is 3. The molecule has 0 amide bonds. The molecular weight excluding hydrogens is 347 g/mol. The average Bonchev–Trinajstić information content (AvgIpc) is 2.93. The maximum atomic E-state index is 13.4. The summed E-state index contributed by atoms with van der Waals surface area (Å²) in [5, 5.41) is 4.30. The van der Waals surface area contributed by atoms with Crippen molar-refractivity contribution in [2.75, 3.05) is 0 Å². The number of hydrogen-bond donors (Lipinski definition) is 0. The Morgan fingerprint density at radius 1 is 1.08 bits per heavy atom. The van der Waals surface area contributed by atoms with Gasteiger partial charge in [0.15, 0.2) is 0 Å². The molecule has 5 nitrogen and oxygen atoms in total. The molecule has 0 saturated carbocycles. The quantitative estimate of drug-likeness (QED) is 0.640. The number of aryl methyl sites for hydroxylation is 2. The van der Waals surface area contributed by atoms with Crippen molar-refractivity contribution in [1.29, 1.82) is 0 Å². The van der Waals surface area contributed by atoms with Crippen LogP contribution in [0.4, 0.5) is 13.2 Å². The van der Waals surface area contributed by atoms with Gasteiger partial charge in [0.1, 0.15) is 11.4 Å². The molecule has 0 bridgehead atoms. The van der Waals surface area contributed by atoms with Gasteiger partial charge in [-0.25, -0.2) is 9.78 Å². The molecule has 2 aromatic heterocycles. The highest BCUT2D eigenvalue weighted by Gasteiger charge is 2.39. The molecule has 0 spiro atoms. The largest absolute Gasteiger partial charge is 0.433 e. The Balaban J connectivity index is 2.28. The lowest BCUT2D eigenvalue weighted by molar-refractivity contribution is -0.146. The Kier molecular flexibility index (Phi) is 3.97. The SMILES string of the molecule is Cc1cc(C)c2nc(-c3cc(C(F)(F)F)n(C(C)(C)C)n3)oc(=O)c2c1. The molecule has 1 aromatic carbocycles. The van der Waals surface area contributed by atoms with Crippen molar-refractivity contribution in [3.63, 3.8) is 0 Å². The van der Waals surface area contributed by atoms with Crippen molar-refractivity contribution in [3.05, 3.63) is 45.4 Å². The molecule has 0 atom stereocenters. The van der Waals surface area contributed by atoms with Crippen LogP contribution in [0.25, 0.3) is 22.5 Å². The number of rotatable bonds is 1. The lowest BCUT2D eigenvalue weighted by atomic mass is 10.1. The summed E-state index contributed by atoms with van der Waals surface area (Å²) < 4.78 is 46.2. The van der Waals surface area contributed by atoms with E-state index in [-0.39, 0.29) is 17.0 Å². The first-order chi connectivity index (χ1) is 11.9. The molecule has 0 unspecified atom stereocenters. The molecule has 8 heteroatoms. The second-order valence-electron chi connectivity index (χ2n) is 7.28. The number of fused-ring (bicyclic) bond motifs is 1. The van der Waals surface area contributed by atoms with E-state index in [1.807, 2.05) is 13.0 Å². The van der Waals surface area contributed by atoms with Crippen molar-refractivity contribution in [2.24, 2.45) is 0 Å². The summed E-state index contributed by atoms with van der Waals surface area (Å²) in [7, 11) is 0. The van der Waals surface area contributed by atoms with E-state index in [0.717, 1.165) is 21.9 Å². The van der Waals surface area contributed by atoms with Crippen molar-refractivity contribution in [1.82, 2.24) is 14.8 Å². The van der Waals surface area contributed by atoms with E-state index in [2.05, 4.69) is 10.1 Å². The Bertz CT molecular complexity index is 1020. The van der Waals surface area contributed by atoms with Gasteiger partial charge < -0.3 is 4.42 Å².